The predicted octanol–water partition coefficient (Wildman–Crippen LogP) is 2.56. The summed E-state index contributed by atoms with van der Waals surface area (Å²) in [5.41, 5.74) is 8.57. The van der Waals surface area contributed by atoms with Gasteiger partial charge < -0.3 is 10.3 Å². The summed E-state index contributed by atoms with van der Waals surface area (Å²) in [5, 5.41) is 0.0358. The topological polar surface area (TPSA) is 69.6 Å². The van der Waals surface area contributed by atoms with E-state index in [1.54, 1.807) is 17.0 Å². The van der Waals surface area contributed by atoms with Crippen LogP contribution in [0.1, 0.15) is 11.4 Å². The van der Waals surface area contributed by atoms with Crippen molar-refractivity contribution in [2.45, 2.75) is 13.5 Å². The van der Waals surface area contributed by atoms with E-state index >= 15 is 0 Å². The van der Waals surface area contributed by atoms with Crippen LogP contribution in [-0.4, -0.2) is 19.5 Å². The van der Waals surface area contributed by atoms with Crippen molar-refractivity contribution in [3.05, 3.63) is 46.8 Å². The molecule has 2 heterocycles. The van der Waals surface area contributed by atoms with Gasteiger partial charge in [0.05, 0.1) is 40.2 Å². The van der Waals surface area contributed by atoms with E-state index in [4.69, 9.17) is 17.3 Å². The van der Waals surface area contributed by atoms with Crippen LogP contribution in [0.2, 0.25) is 5.02 Å². The number of aryl methyl sites for hydroxylation is 1. The molecule has 0 saturated heterocycles. The molecule has 0 saturated carbocycles. The first-order valence-electron chi connectivity index (χ1n) is 5.93. The Hall–Kier alpha value is -2.21. The summed E-state index contributed by atoms with van der Waals surface area (Å²) in [7, 11) is 0. The fraction of sp³-hybridized carbons (Fsp3) is 0.154. The number of aromatic nitrogens is 4. The number of rotatable bonds is 2. The lowest BCUT2D eigenvalue weighted by molar-refractivity contribution is 0.629. The molecule has 3 aromatic rings. The third kappa shape index (κ3) is 2.18. The van der Waals surface area contributed by atoms with Crippen LogP contribution in [0.25, 0.3) is 11.0 Å². The SMILES string of the molecule is Cc1cnc(Cn2c(N)nc3cc(F)c(Cl)cc32)cn1. The van der Waals surface area contributed by atoms with E-state index < -0.39 is 5.82 Å². The van der Waals surface area contributed by atoms with Gasteiger partial charge in [0.2, 0.25) is 5.95 Å². The highest BCUT2D eigenvalue weighted by Crippen LogP contribution is 2.25. The van der Waals surface area contributed by atoms with Gasteiger partial charge in [-0.2, -0.15) is 0 Å². The van der Waals surface area contributed by atoms with Crippen LogP contribution in [0.3, 0.4) is 0 Å². The number of nitrogen functional groups attached to an aromatic ring is 1. The molecule has 0 amide bonds. The van der Waals surface area contributed by atoms with Crippen molar-refractivity contribution in [1.82, 2.24) is 19.5 Å². The summed E-state index contributed by atoms with van der Waals surface area (Å²) < 4.78 is 15.1. The van der Waals surface area contributed by atoms with E-state index in [0.717, 1.165) is 11.4 Å². The molecule has 5 nitrogen and oxygen atoms in total. The smallest absolute Gasteiger partial charge is 0.201 e. The maximum absolute atomic E-state index is 13.4. The minimum absolute atomic E-state index is 0.0358. The zero-order valence-corrected chi connectivity index (χ0v) is 11.4. The van der Waals surface area contributed by atoms with Crippen molar-refractivity contribution in [2.24, 2.45) is 0 Å². The largest absolute Gasteiger partial charge is 0.369 e. The Kier molecular flexibility index (Phi) is 3.02. The Morgan fingerprint density at radius 3 is 2.80 bits per heavy atom. The van der Waals surface area contributed by atoms with Gasteiger partial charge in [0.1, 0.15) is 5.82 Å². The number of nitrogens with zero attached hydrogens (tertiary/aromatic N) is 4. The van der Waals surface area contributed by atoms with E-state index in [9.17, 15) is 4.39 Å². The highest BCUT2D eigenvalue weighted by atomic mass is 35.5. The maximum Gasteiger partial charge on any atom is 0.201 e. The molecule has 2 N–H and O–H groups in total. The fourth-order valence-corrected chi connectivity index (χ4v) is 2.13. The lowest BCUT2D eigenvalue weighted by Crippen LogP contribution is -2.06. The van der Waals surface area contributed by atoms with Crippen molar-refractivity contribution in [2.75, 3.05) is 5.73 Å². The maximum atomic E-state index is 13.4. The Morgan fingerprint density at radius 1 is 1.30 bits per heavy atom. The molecular weight excluding hydrogens is 281 g/mol. The second kappa shape index (κ2) is 4.72. The molecule has 0 fully saturated rings. The van der Waals surface area contributed by atoms with Crippen LogP contribution in [0.15, 0.2) is 24.5 Å². The molecule has 0 atom stereocenters. The summed E-state index contributed by atoms with van der Waals surface area (Å²) in [6.45, 7) is 2.26. The first kappa shape index (κ1) is 12.8. The Morgan fingerprint density at radius 2 is 2.10 bits per heavy atom. The summed E-state index contributed by atoms with van der Waals surface area (Å²) in [5.74, 6) is -0.233. The monoisotopic (exact) mass is 291 g/mol. The normalized spacial score (nSPS) is 11.2. The number of fused-ring (bicyclic) bond motifs is 1. The van der Waals surface area contributed by atoms with Gasteiger partial charge in [-0.1, -0.05) is 11.6 Å². The van der Waals surface area contributed by atoms with Crippen molar-refractivity contribution in [3.63, 3.8) is 0 Å². The molecule has 0 radical (unpaired) electrons. The van der Waals surface area contributed by atoms with Crippen LogP contribution in [0.4, 0.5) is 10.3 Å². The molecule has 0 aliphatic carbocycles. The van der Waals surface area contributed by atoms with Crippen LogP contribution < -0.4 is 5.73 Å². The predicted molar refractivity (Wildman–Crippen MR) is 75.0 cm³/mol. The molecule has 102 valence electrons. The zero-order valence-electron chi connectivity index (χ0n) is 10.6. The lowest BCUT2D eigenvalue weighted by Gasteiger charge is -2.06. The van der Waals surface area contributed by atoms with Crippen molar-refractivity contribution >= 4 is 28.6 Å². The molecule has 7 heteroatoms. The van der Waals surface area contributed by atoms with Gasteiger partial charge in [0.15, 0.2) is 0 Å². The van der Waals surface area contributed by atoms with Gasteiger partial charge in [-0.25, -0.2) is 9.37 Å². The third-order valence-corrected chi connectivity index (χ3v) is 3.26. The number of anilines is 1. The quantitative estimate of drug-likeness (QED) is 0.788. The van der Waals surface area contributed by atoms with E-state index in [0.29, 0.717) is 17.6 Å². The van der Waals surface area contributed by atoms with Crippen LogP contribution in [-0.2, 0) is 6.54 Å². The molecule has 20 heavy (non-hydrogen) atoms. The summed E-state index contributed by atoms with van der Waals surface area (Å²) >= 11 is 5.81. The van der Waals surface area contributed by atoms with Gasteiger partial charge in [0, 0.05) is 12.3 Å². The highest BCUT2D eigenvalue weighted by molar-refractivity contribution is 6.31. The third-order valence-electron chi connectivity index (χ3n) is 2.97. The number of hydrogen-bond acceptors (Lipinski definition) is 4. The molecule has 0 aliphatic heterocycles. The van der Waals surface area contributed by atoms with Gasteiger partial charge in [-0.15, -0.1) is 0 Å². The summed E-state index contributed by atoms with van der Waals surface area (Å²) in [6, 6.07) is 2.78. The average molecular weight is 292 g/mol. The first-order chi connectivity index (χ1) is 9.54. The van der Waals surface area contributed by atoms with Crippen LogP contribution in [0.5, 0.6) is 0 Å². The summed E-state index contributed by atoms with van der Waals surface area (Å²) in [6.07, 6.45) is 3.35. The number of imidazole rings is 1. The fourth-order valence-electron chi connectivity index (χ4n) is 1.97. The number of benzene rings is 1. The van der Waals surface area contributed by atoms with Gasteiger partial charge >= 0.3 is 0 Å². The number of halogens is 2. The Balaban J connectivity index is 2.08. The lowest BCUT2D eigenvalue weighted by atomic mass is 10.3. The van der Waals surface area contributed by atoms with E-state index in [2.05, 4.69) is 15.0 Å². The van der Waals surface area contributed by atoms with Crippen LogP contribution >= 0.6 is 11.6 Å². The van der Waals surface area contributed by atoms with Gasteiger partial charge in [0.25, 0.3) is 0 Å². The van der Waals surface area contributed by atoms with E-state index in [1.807, 2.05) is 6.92 Å². The first-order valence-corrected chi connectivity index (χ1v) is 6.30. The van der Waals surface area contributed by atoms with E-state index in [1.165, 1.54) is 12.1 Å². The molecule has 0 unspecified atom stereocenters. The van der Waals surface area contributed by atoms with E-state index in [-0.39, 0.29) is 11.0 Å². The highest BCUT2D eigenvalue weighted by Gasteiger charge is 2.12. The molecule has 0 aliphatic rings. The number of hydrogen-bond donors (Lipinski definition) is 1. The minimum atomic E-state index is -0.515. The molecule has 0 bridgehead atoms. The Labute approximate surface area is 119 Å². The molecule has 1 aromatic carbocycles. The summed E-state index contributed by atoms with van der Waals surface area (Å²) in [4.78, 5) is 12.6. The second-order valence-corrected chi connectivity index (χ2v) is 4.87. The standard InChI is InChI=1S/C13H11ClFN5/c1-7-4-18-8(5-17-7)6-20-12-2-9(14)10(15)3-11(12)19-13(20)16/h2-5H,6H2,1H3,(H2,16,19). The second-order valence-electron chi connectivity index (χ2n) is 4.46. The van der Waals surface area contributed by atoms with Crippen molar-refractivity contribution in [1.29, 1.82) is 0 Å². The zero-order chi connectivity index (χ0) is 14.3. The average Bonchev–Trinajstić information content (AvgIpc) is 2.69. The molecule has 3 rings (SSSR count). The Bertz CT molecular complexity index is 782. The molecular formula is C13H11ClFN5. The van der Waals surface area contributed by atoms with Crippen LogP contribution in [0, 0.1) is 12.7 Å². The number of nitrogens with two attached hydrogens (primary N) is 1. The van der Waals surface area contributed by atoms with Crippen molar-refractivity contribution in [3.8, 4) is 0 Å². The van der Waals surface area contributed by atoms with Gasteiger partial charge in [-0.3, -0.25) is 9.97 Å². The van der Waals surface area contributed by atoms with Crippen molar-refractivity contribution < 1.29 is 4.39 Å². The van der Waals surface area contributed by atoms with Gasteiger partial charge in [-0.05, 0) is 13.0 Å². The molecule has 2 aromatic heterocycles. The minimum Gasteiger partial charge on any atom is -0.369 e. The molecule has 0 spiro atoms.